The number of hydrogen-bond donors (Lipinski definition) is 1. The summed E-state index contributed by atoms with van der Waals surface area (Å²) in [5.41, 5.74) is 0.720. The van der Waals surface area contributed by atoms with Crippen LogP contribution in [0.15, 0.2) is 70.8 Å². The Balaban J connectivity index is 1.69. The van der Waals surface area contributed by atoms with E-state index in [0.29, 0.717) is 28.3 Å². The molecular weight excluding hydrogens is 488 g/mol. The molecule has 0 radical (unpaired) electrons. The standard InChI is InChI=1S/C21H20BrClN4O2S/c1-3-12-27-20(14(2)29-18-11-7-5-9-16(18)23)25-26-21(27)30-13-19(28)24-17-10-6-4-8-15(17)22/h3-11,14H,1,12-13H2,2H3,(H,24,28). The number of carbonyl (C=O) groups excluding carboxylic acids is 1. The van der Waals surface area contributed by atoms with Crippen molar-refractivity contribution in [2.24, 2.45) is 0 Å². The predicted octanol–water partition coefficient (Wildman–Crippen LogP) is 5.75. The van der Waals surface area contributed by atoms with E-state index in [9.17, 15) is 4.79 Å². The van der Waals surface area contributed by atoms with Crippen molar-refractivity contribution in [2.75, 3.05) is 11.1 Å². The molecule has 0 spiro atoms. The van der Waals surface area contributed by atoms with Gasteiger partial charge >= 0.3 is 0 Å². The molecule has 0 aliphatic heterocycles. The van der Waals surface area contributed by atoms with E-state index in [1.165, 1.54) is 11.8 Å². The van der Waals surface area contributed by atoms with Crippen LogP contribution in [0, 0.1) is 0 Å². The van der Waals surface area contributed by atoms with E-state index in [1.54, 1.807) is 18.2 Å². The van der Waals surface area contributed by atoms with Gasteiger partial charge in [0.2, 0.25) is 5.91 Å². The molecule has 0 saturated heterocycles. The summed E-state index contributed by atoms with van der Waals surface area (Å²) in [7, 11) is 0. The average Bonchev–Trinajstić information content (AvgIpc) is 3.13. The Hall–Kier alpha value is -2.29. The maximum atomic E-state index is 12.4. The molecule has 0 bridgehead atoms. The zero-order valence-corrected chi connectivity index (χ0v) is 19.4. The molecule has 2 aromatic carbocycles. The fourth-order valence-corrected chi connectivity index (χ4v) is 3.99. The van der Waals surface area contributed by atoms with Crippen molar-refractivity contribution in [3.05, 3.63) is 76.5 Å². The molecule has 3 rings (SSSR count). The Morgan fingerprint density at radius 3 is 2.77 bits per heavy atom. The number of amides is 1. The number of ether oxygens (including phenoxy) is 1. The van der Waals surface area contributed by atoms with Gasteiger partial charge < -0.3 is 10.1 Å². The Morgan fingerprint density at radius 1 is 1.30 bits per heavy atom. The lowest BCUT2D eigenvalue weighted by Gasteiger charge is -2.16. The molecule has 1 unspecified atom stereocenters. The molecule has 0 aliphatic rings. The minimum Gasteiger partial charge on any atom is -0.481 e. The summed E-state index contributed by atoms with van der Waals surface area (Å²) >= 11 is 10.9. The van der Waals surface area contributed by atoms with E-state index in [-0.39, 0.29) is 17.8 Å². The molecule has 0 saturated carbocycles. The van der Waals surface area contributed by atoms with Gasteiger partial charge in [0.1, 0.15) is 5.75 Å². The number of aromatic nitrogens is 3. The largest absolute Gasteiger partial charge is 0.481 e. The van der Waals surface area contributed by atoms with Crippen LogP contribution in [0.4, 0.5) is 5.69 Å². The lowest BCUT2D eigenvalue weighted by Crippen LogP contribution is -2.16. The second kappa shape index (κ2) is 10.7. The fraction of sp³-hybridized carbons (Fsp3) is 0.190. The van der Waals surface area contributed by atoms with Crippen LogP contribution < -0.4 is 10.1 Å². The summed E-state index contributed by atoms with van der Waals surface area (Å²) in [6, 6.07) is 14.7. The van der Waals surface area contributed by atoms with Crippen LogP contribution in [-0.4, -0.2) is 26.4 Å². The number of anilines is 1. The summed E-state index contributed by atoms with van der Waals surface area (Å²) in [5.74, 6) is 1.25. The second-order valence-corrected chi connectivity index (χ2v) is 8.45. The van der Waals surface area contributed by atoms with E-state index in [2.05, 4.69) is 38.0 Å². The van der Waals surface area contributed by atoms with Crippen LogP contribution in [0.5, 0.6) is 5.75 Å². The molecule has 1 amide bonds. The first-order chi connectivity index (χ1) is 14.5. The number of carbonyl (C=O) groups is 1. The van der Waals surface area contributed by atoms with Gasteiger partial charge in [0.25, 0.3) is 0 Å². The number of nitrogens with zero attached hydrogens (tertiary/aromatic N) is 3. The Kier molecular flexibility index (Phi) is 7.95. The first kappa shape index (κ1) is 22.4. The van der Waals surface area contributed by atoms with Crippen LogP contribution in [0.25, 0.3) is 0 Å². The number of para-hydroxylation sites is 2. The van der Waals surface area contributed by atoms with Gasteiger partial charge in [-0.05, 0) is 47.1 Å². The van der Waals surface area contributed by atoms with Crippen LogP contribution in [0.2, 0.25) is 5.02 Å². The van der Waals surface area contributed by atoms with Crippen molar-refractivity contribution in [1.82, 2.24) is 14.8 Å². The molecule has 156 valence electrons. The Labute approximate surface area is 192 Å². The smallest absolute Gasteiger partial charge is 0.234 e. The highest BCUT2D eigenvalue weighted by Crippen LogP contribution is 2.29. The number of benzene rings is 2. The van der Waals surface area contributed by atoms with Crippen molar-refractivity contribution < 1.29 is 9.53 Å². The van der Waals surface area contributed by atoms with Gasteiger partial charge in [-0.3, -0.25) is 9.36 Å². The number of nitrogens with one attached hydrogen (secondary N) is 1. The molecular formula is C21H20BrClN4O2S. The zero-order chi connectivity index (χ0) is 21.5. The SMILES string of the molecule is C=CCn1c(SCC(=O)Nc2ccccc2Br)nnc1C(C)Oc1ccccc1Cl. The summed E-state index contributed by atoms with van der Waals surface area (Å²) in [6.07, 6.45) is 1.36. The van der Waals surface area contributed by atoms with Crippen LogP contribution >= 0.6 is 39.3 Å². The number of halogens is 2. The summed E-state index contributed by atoms with van der Waals surface area (Å²) < 4.78 is 8.67. The lowest BCUT2D eigenvalue weighted by molar-refractivity contribution is -0.113. The Bertz CT molecular complexity index is 1040. The van der Waals surface area contributed by atoms with E-state index in [0.717, 1.165) is 10.2 Å². The molecule has 1 heterocycles. The molecule has 30 heavy (non-hydrogen) atoms. The van der Waals surface area contributed by atoms with Crippen LogP contribution in [0.3, 0.4) is 0 Å². The summed E-state index contributed by atoms with van der Waals surface area (Å²) in [6.45, 7) is 6.17. The maximum absolute atomic E-state index is 12.4. The van der Waals surface area contributed by atoms with Crippen molar-refractivity contribution in [1.29, 1.82) is 0 Å². The fourth-order valence-electron chi connectivity index (χ4n) is 2.67. The van der Waals surface area contributed by atoms with Gasteiger partial charge in [-0.1, -0.05) is 53.7 Å². The predicted molar refractivity (Wildman–Crippen MR) is 124 cm³/mol. The average molecular weight is 508 g/mol. The number of allylic oxidation sites excluding steroid dienone is 1. The third kappa shape index (κ3) is 5.65. The molecule has 0 aliphatic carbocycles. The molecule has 1 N–H and O–H groups in total. The highest BCUT2D eigenvalue weighted by molar-refractivity contribution is 9.10. The van der Waals surface area contributed by atoms with E-state index < -0.39 is 0 Å². The normalized spacial score (nSPS) is 11.7. The van der Waals surface area contributed by atoms with Crippen LogP contribution in [0.1, 0.15) is 18.9 Å². The minimum absolute atomic E-state index is 0.137. The highest BCUT2D eigenvalue weighted by Gasteiger charge is 2.20. The first-order valence-electron chi connectivity index (χ1n) is 9.12. The molecule has 6 nitrogen and oxygen atoms in total. The number of hydrogen-bond acceptors (Lipinski definition) is 5. The van der Waals surface area contributed by atoms with Gasteiger partial charge in [0, 0.05) is 11.0 Å². The molecule has 0 fully saturated rings. The molecule has 9 heteroatoms. The quantitative estimate of drug-likeness (QED) is 0.295. The molecule has 1 atom stereocenters. The Morgan fingerprint density at radius 2 is 2.03 bits per heavy atom. The van der Waals surface area contributed by atoms with Crippen LogP contribution in [-0.2, 0) is 11.3 Å². The monoisotopic (exact) mass is 506 g/mol. The highest BCUT2D eigenvalue weighted by atomic mass is 79.9. The second-order valence-electron chi connectivity index (χ2n) is 6.25. The van der Waals surface area contributed by atoms with Crippen molar-refractivity contribution >= 4 is 50.9 Å². The number of thioether (sulfide) groups is 1. The molecule has 3 aromatic rings. The topological polar surface area (TPSA) is 69.0 Å². The van der Waals surface area contributed by atoms with E-state index in [1.807, 2.05) is 47.9 Å². The van der Waals surface area contributed by atoms with E-state index in [4.69, 9.17) is 16.3 Å². The summed E-state index contributed by atoms with van der Waals surface area (Å²) in [4.78, 5) is 12.4. The van der Waals surface area contributed by atoms with Gasteiger partial charge in [-0.2, -0.15) is 0 Å². The van der Waals surface area contributed by atoms with E-state index >= 15 is 0 Å². The zero-order valence-electron chi connectivity index (χ0n) is 16.2. The minimum atomic E-state index is -0.388. The summed E-state index contributed by atoms with van der Waals surface area (Å²) in [5, 5.41) is 12.5. The lowest BCUT2D eigenvalue weighted by atomic mass is 10.3. The van der Waals surface area contributed by atoms with Gasteiger partial charge in [0.15, 0.2) is 17.1 Å². The first-order valence-corrected chi connectivity index (χ1v) is 11.3. The number of rotatable bonds is 9. The van der Waals surface area contributed by atoms with Gasteiger partial charge in [-0.25, -0.2) is 0 Å². The van der Waals surface area contributed by atoms with Crippen molar-refractivity contribution in [3.8, 4) is 5.75 Å². The van der Waals surface area contributed by atoms with Crippen molar-refractivity contribution in [2.45, 2.75) is 24.7 Å². The van der Waals surface area contributed by atoms with Crippen molar-refractivity contribution in [3.63, 3.8) is 0 Å². The third-order valence-corrected chi connectivity index (χ3v) is 6.01. The van der Waals surface area contributed by atoms with Gasteiger partial charge in [0.05, 0.1) is 16.5 Å². The molecule has 1 aromatic heterocycles. The maximum Gasteiger partial charge on any atom is 0.234 e. The van der Waals surface area contributed by atoms with Gasteiger partial charge in [-0.15, -0.1) is 16.8 Å². The third-order valence-electron chi connectivity index (χ3n) is 4.04.